The fourth-order valence-corrected chi connectivity index (χ4v) is 4.91. The summed E-state index contributed by atoms with van der Waals surface area (Å²) < 4.78 is 7.26. The van der Waals surface area contributed by atoms with E-state index in [4.69, 9.17) is 16.3 Å². The number of nitrogens with zero attached hydrogens (tertiary/aromatic N) is 3. The van der Waals surface area contributed by atoms with Crippen LogP contribution in [0.5, 0.6) is 5.75 Å². The van der Waals surface area contributed by atoms with Crippen molar-refractivity contribution < 1.29 is 9.53 Å². The highest BCUT2D eigenvalue weighted by Crippen LogP contribution is 2.35. The Morgan fingerprint density at radius 1 is 1.19 bits per heavy atom. The topological polar surface area (TPSA) is 92.2 Å². The third-order valence-electron chi connectivity index (χ3n) is 6.54. The molecule has 4 rings (SSSR count). The lowest BCUT2D eigenvalue weighted by atomic mass is 10.0. The molecule has 0 spiro atoms. The summed E-state index contributed by atoms with van der Waals surface area (Å²) in [5, 5.41) is 4.69. The van der Waals surface area contributed by atoms with E-state index < -0.39 is 0 Å². The molecule has 8 nitrogen and oxygen atoms in total. The van der Waals surface area contributed by atoms with Crippen molar-refractivity contribution in [2.45, 2.75) is 33.7 Å². The van der Waals surface area contributed by atoms with Crippen molar-refractivity contribution in [2.75, 3.05) is 33.3 Å². The lowest BCUT2D eigenvalue weighted by Crippen LogP contribution is -2.28. The minimum absolute atomic E-state index is 0.173. The van der Waals surface area contributed by atoms with Gasteiger partial charge in [-0.25, -0.2) is 4.98 Å². The van der Waals surface area contributed by atoms with Gasteiger partial charge in [-0.3, -0.25) is 9.59 Å². The summed E-state index contributed by atoms with van der Waals surface area (Å²) in [6.45, 7) is 9.90. The molecule has 1 amide bonds. The van der Waals surface area contributed by atoms with Crippen molar-refractivity contribution in [3.05, 3.63) is 57.6 Å². The van der Waals surface area contributed by atoms with Gasteiger partial charge in [-0.2, -0.15) is 0 Å². The van der Waals surface area contributed by atoms with E-state index in [1.165, 1.54) is 7.11 Å². The number of H-pyrrole nitrogens is 1. The van der Waals surface area contributed by atoms with Crippen LogP contribution < -0.4 is 15.6 Å². The number of aromatic nitrogens is 3. The van der Waals surface area contributed by atoms with Gasteiger partial charge in [0.1, 0.15) is 11.4 Å². The molecule has 0 aliphatic rings. The summed E-state index contributed by atoms with van der Waals surface area (Å²) in [6, 6.07) is 7.04. The van der Waals surface area contributed by atoms with Crippen LogP contribution in [-0.4, -0.2) is 58.6 Å². The maximum atomic E-state index is 14.0. The van der Waals surface area contributed by atoms with Crippen LogP contribution in [0, 0.1) is 0 Å². The molecule has 3 aromatic heterocycles. The molecule has 190 valence electrons. The van der Waals surface area contributed by atoms with Crippen molar-refractivity contribution in [3.8, 4) is 16.9 Å². The number of methoxy groups -OCH3 is 1. The van der Waals surface area contributed by atoms with Crippen molar-refractivity contribution in [1.82, 2.24) is 24.8 Å². The molecular formula is C27H32ClN5O3. The van der Waals surface area contributed by atoms with Gasteiger partial charge in [-0.15, -0.1) is 0 Å². The van der Waals surface area contributed by atoms with E-state index in [9.17, 15) is 9.59 Å². The number of hydrogen-bond donors (Lipinski definition) is 2. The zero-order chi connectivity index (χ0) is 25.8. The maximum Gasteiger partial charge on any atom is 0.258 e. The van der Waals surface area contributed by atoms with Crippen LogP contribution in [0.2, 0.25) is 5.02 Å². The van der Waals surface area contributed by atoms with Gasteiger partial charge in [0.2, 0.25) is 0 Å². The molecule has 0 aliphatic heterocycles. The first-order valence-electron chi connectivity index (χ1n) is 12.3. The number of nitrogens with one attached hydrogen (secondary N) is 2. The normalized spacial score (nSPS) is 11.5. The third-order valence-corrected chi connectivity index (χ3v) is 6.94. The van der Waals surface area contributed by atoms with Gasteiger partial charge in [-0.1, -0.05) is 25.4 Å². The second kappa shape index (κ2) is 11.1. The number of amides is 1. The molecule has 0 aliphatic carbocycles. The Morgan fingerprint density at radius 2 is 1.97 bits per heavy atom. The van der Waals surface area contributed by atoms with E-state index in [2.05, 4.69) is 34.0 Å². The largest absolute Gasteiger partial charge is 0.497 e. The number of carbonyl (C=O) groups excluding carboxylic acids is 1. The minimum atomic E-state index is -0.321. The number of fused-ring (bicyclic) bond motifs is 3. The van der Waals surface area contributed by atoms with E-state index in [0.717, 1.165) is 48.0 Å². The summed E-state index contributed by atoms with van der Waals surface area (Å²) in [5.74, 6) is 0.126. The van der Waals surface area contributed by atoms with E-state index in [-0.39, 0.29) is 22.1 Å². The number of aromatic amines is 1. The van der Waals surface area contributed by atoms with Crippen LogP contribution in [0.1, 0.15) is 37.6 Å². The minimum Gasteiger partial charge on any atom is -0.497 e. The third kappa shape index (κ3) is 4.83. The molecule has 0 atom stereocenters. The lowest BCUT2D eigenvalue weighted by molar-refractivity contribution is 0.0955. The van der Waals surface area contributed by atoms with Crippen LogP contribution in [0.3, 0.4) is 0 Å². The second-order valence-corrected chi connectivity index (χ2v) is 8.97. The average Bonchev–Trinajstić information content (AvgIpc) is 3.37. The average molecular weight is 510 g/mol. The summed E-state index contributed by atoms with van der Waals surface area (Å²) in [6.07, 6.45) is 4.40. The van der Waals surface area contributed by atoms with Gasteiger partial charge >= 0.3 is 0 Å². The van der Waals surface area contributed by atoms with E-state index >= 15 is 0 Å². The Hall–Kier alpha value is -3.36. The van der Waals surface area contributed by atoms with Gasteiger partial charge in [0.25, 0.3) is 11.5 Å². The molecule has 0 saturated heterocycles. The SMILES string of the molecule is CCNC(=O)c1cc(OC)cc(-c2cc3cnc4[nH]ccc4c3n(CCCN(CC)CC)c2=O)c1Cl. The van der Waals surface area contributed by atoms with Gasteiger partial charge in [0.15, 0.2) is 0 Å². The standard InChI is InChI=1S/C27H32ClN5O3/c1-5-29-26(34)22-15-18(36-4)14-20(23(22)28)21-13-17-16-31-25-19(9-10-30-25)24(17)33(27(21)35)12-8-11-32(6-2)7-3/h9-10,13-16H,5-8,11-12H2,1-4H3,(H,29,34)(H,30,31). The van der Waals surface area contributed by atoms with Crippen LogP contribution in [0.25, 0.3) is 33.1 Å². The fourth-order valence-electron chi connectivity index (χ4n) is 4.61. The number of benzene rings is 1. The number of halogens is 1. The van der Waals surface area contributed by atoms with Crippen molar-refractivity contribution in [1.29, 1.82) is 0 Å². The Bertz CT molecular complexity index is 1460. The number of pyridine rings is 2. The summed E-state index contributed by atoms with van der Waals surface area (Å²) in [5.41, 5.74) is 2.50. The first kappa shape index (κ1) is 25.7. The molecule has 0 saturated carbocycles. The zero-order valence-electron chi connectivity index (χ0n) is 21.2. The molecule has 2 N–H and O–H groups in total. The summed E-state index contributed by atoms with van der Waals surface area (Å²) >= 11 is 6.75. The van der Waals surface area contributed by atoms with Gasteiger partial charge in [0, 0.05) is 47.4 Å². The van der Waals surface area contributed by atoms with Crippen molar-refractivity contribution in [2.24, 2.45) is 0 Å². The highest BCUT2D eigenvalue weighted by Gasteiger charge is 2.21. The quantitative estimate of drug-likeness (QED) is 0.323. The molecule has 0 unspecified atom stereocenters. The Morgan fingerprint density at radius 3 is 2.67 bits per heavy atom. The maximum absolute atomic E-state index is 14.0. The number of hydrogen-bond acceptors (Lipinski definition) is 5. The van der Waals surface area contributed by atoms with Gasteiger partial charge in [0.05, 0.1) is 23.2 Å². The Labute approximate surface area is 215 Å². The monoisotopic (exact) mass is 509 g/mol. The van der Waals surface area contributed by atoms with E-state index in [0.29, 0.717) is 30.0 Å². The van der Waals surface area contributed by atoms with Gasteiger partial charge in [-0.05, 0) is 57.2 Å². The summed E-state index contributed by atoms with van der Waals surface area (Å²) in [7, 11) is 1.52. The van der Waals surface area contributed by atoms with Crippen LogP contribution in [0.4, 0.5) is 0 Å². The molecule has 0 bridgehead atoms. The molecule has 0 fully saturated rings. The van der Waals surface area contributed by atoms with E-state index in [1.807, 2.05) is 23.8 Å². The highest BCUT2D eigenvalue weighted by molar-refractivity contribution is 6.36. The predicted molar refractivity (Wildman–Crippen MR) is 145 cm³/mol. The lowest BCUT2D eigenvalue weighted by Gasteiger charge is -2.20. The Kier molecular flexibility index (Phi) is 7.96. The number of ether oxygens (including phenoxy) is 1. The number of rotatable bonds is 10. The predicted octanol–water partition coefficient (Wildman–Crippen LogP) is 4.69. The zero-order valence-corrected chi connectivity index (χ0v) is 21.9. The smallest absolute Gasteiger partial charge is 0.258 e. The number of aryl methyl sites for hydroxylation is 1. The Balaban J connectivity index is 1.94. The van der Waals surface area contributed by atoms with Crippen molar-refractivity contribution >= 4 is 39.4 Å². The molecule has 4 aromatic rings. The molecule has 1 aromatic carbocycles. The first-order valence-corrected chi connectivity index (χ1v) is 12.7. The number of carbonyl (C=O) groups is 1. The van der Waals surface area contributed by atoms with Crippen LogP contribution >= 0.6 is 11.6 Å². The highest BCUT2D eigenvalue weighted by atomic mass is 35.5. The second-order valence-electron chi connectivity index (χ2n) is 8.59. The molecule has 36 heavy (non-hydrogen) atoms. The van der Waals surface area contributed by atoms with Crippen LogP contribution in [-0.2, 0) is 6.54 Å². The molecule has 0 radical (unpaired) electrons. The first-order chi connectivity index (χ1) is 17.4. The van der Waals surface area contributed by atoms with Crippen molar-refractivity contribution in [3.63, 3.8) is 0 Å². The fraction of sp³-hybridized carbons (Fsp3) is 0.370. The van der Waals surface area contributed by atoms with E-state index in [1.54, 1.807) is 24.4 Å². The molecule has 9 heteroatoms. The molecular weight excluding hydrogens is 478 g/mol. The van der Waals surface area contributed by atoms with Crippen LogP contribution in [0.15, 0.2) is 41.5 Å². The molecule has 3 heterocycles. The van der Waals surface area contributed by atoms with Gasteiger partial charge < -0.3 is 24.5 Å². The summed E-state index contributed by atoms with van der Waals surface area (Å²) in [4.78, 5) is 36.8.